The molecule has 606 valence electrons. The smallest absolute Gasteiger partial charge is 0.351 e. The van der Waals surface area contributed by atoms with Crippen molar-refractivity contribution in [1.29, 1.82) is 0 Å². The number of hydrogen-bond donors (Lipinski definition) is 8. The van der Waals surface area contributed by atoms with Crippen molar-refractivity contribution in [2.24, 2.45) is 0 Å². The zero-order valence-corrected chi connectivity index (χ0v) is 66.8. The molecule has 10 unspecified atom stereocenters. The highest BCUT2D eigenvalue weighted by molar-refractivity contribution is 8.32. The second-order valence-electron chi connectivity index (χ2n) is 26.5. The largest absolute Gasteiger partial charge is 0.780 e. The van der Waals surface area contributed by atoms with Crippen molar-refractivity contribution in [3.8, 4) is 0 Å². The highest BCUT2D eigenvalue weighted by Crippen LogP contribution is 2.61. The van der Waals surface area contributed by atoms with E-state index >= 15 is 4.57 Å². The first kappa shape index (κ1) is 82.4. The Morgan fingerprint density at radius 2 is 1.16 bits per heavy atom. The van der Waals surface area contributed by atoms with Gasteiger partial charge in [-0.25, -0.2) is 34.3 Å². The van der Waals surface area contributed by atoms with Crippen LogP contribution in [0.3, 0.4) is 0 Å². The van der Waals surface area contributed by atoms with Gasteiger partial charge in [0.1, 0.15) is 117 Å². The van der Waals surface area contributed by atoms with Crippen molar-refractivity contribution in [3.05, 3.63) is 116 Å². The molecule has 46 nitrogen and oxygen atoms in total. The maximum absolute atomic E-state index is 15.1. The van der Waals surface area contributed by atoms with Gasteiger partial charge in [-0.2, -0.15) is 9.97 Å². The molecule has 0 aromatic carbocycles. The number of aromatic amines is 4. The number of H-pyrrole nitrogens is 4. The zero-order chi connectivity index (χ0) is 79.7. The van der Waals surface area contributed by atoms with Crippen molar-refractivity contribution in [3.63, 3.8) is 0 Å². The normalized spacial score (nSPS) is 33.2. The highest BCUT2D eigenvalue weighted by Gasteiger charge is 2.70. The summed E-state index contributed by atoms with van der Waals surface area (Å²) < 4.78 is 123. The molecular formula is C55H67N17O29P5S5-5. The van der Waals surface area contributed by atoms with E-state index in [2.05, 4.69) is 49.8 Å². The number of imidazole rings is 2. The van der Waals surface area contributed by atoms with Crippen molar-refractivity contribution in [2.45, 2.75) is 169 Å². The van der Waals surface area contributed by atoms with Crippen LogP contribution in [0.2, 0.25) is 0 Å². The minimum atomic E-state index is -5.03. The van der Waals surface area contributed by atoms with Crippen LogP contribution in [0.4, 0.5) is 17.6 Å². The van der Waals surface area contributed by atoms with E-state index in [0.717, 1.165) is 28.8 Å². The lowest BCUT2D eigenvalue weighted by atomic mass is 9.94. The molecule has 56 heteroatoms. The molecular weight excluding hydrogens is 1680 g/mol. The Balaban J connectivity index is 0.707. The molecule has 7 aliphatic rings. The summed E-state index contributed by atoms with van der Waals surface area (Å²) in [6.07, 6.45) is -17.8. The summed E-state index contributed by atoms with van der Waals surface area (Å²) in [5.74, 6) is -0.402. The third kappa shape index (κ3) is 16.3. The number of nitrogens with one attached hydrogen (secondary N) is 4. The number of nitrogens with zero attached hydrogens (tertiary/aromatic N) is 10. The van der Waals surface area contributed by atoms with Crippen LogP contribution in [0.5, 0.6) is 0 Å². The molecule has 11 N–H and O–H groups in total. The number of rotatable bonds is 29. The van der Waals surface area contributed by atoms with Gasteiger partial charge in [-0.05, 0) is 34.6 Å². The van der Waals surface area contributed by atoms with Crippen molar-refractivity contribution >= 4 is 133 Å². The monoisotopic (exact) mass is 1740 g/mol. The van der Waals surface area contributed by atoms with Gasteiger partial charge in [0.2, 0.25) is 5.95 Å². The lowest BCUT2D eigenvalue weighted by Crippen LogP contribution is -2.51. The quantitative estimate of drug-likeness (QED) is 0.0168. The molecule has 14 heterocycles. The number of anilines is 3. The molecule has 111 heavy (non-hydrogen) atoms. The van der Waals surface area contributed by atoms with Gasteiger partial charge in [0.15, 0.2) is 41.9 Å². The van der Waals surface area contributed by atoms with Crippen molar-refractivity contribution in [2.75, 3.05) is 57.3 Å². The minimum Gasteiger partial charge on any atom is -0.780 e. The number of hydrogen-bond acceptors (Lipinski definition) is 43. The van der Waals surface area contributed by atoms with E-state index in [0.29, 0.717) is 5.56 Å². The molecule has 7 fully saturated rings. The third-order valence-corrected chi connectivity index (χ3v) is 27.6. The van der Waals surface area contributed by atoms with Crippen LogP contribution < -0.4 is 70.5 Å². The molecule has 0 saturated carbocycles. The Morgan fingerprint density at radius 1 is 0.604 bits per heavy atom. The molecule has 14 rings (SSSR count). The Kier molecular flexibility index (Phi) is 23.0. The molecule has 0 aliphatic carbocycles. The maximum Gasteiger partial charge on any atom is 0.351 e. The second-order valence-corrected chi connectivity index (χ2v) is 40.2. The van der Waals surface area contributed by atoms with Gasteiger partial charge < -0.3 is 138 Å². The standard InChI is InChI=1S/C55H72N17O29P5S5/c1-20-10-70(52(78)64-41(20)56)48-37-39(54(15-73,95-48)23(4)90-37)100-106(84,111)89-16-55-24(5)91-38(49(96-55)72-19-61-35-42(57)59-17-60-43(35)72)40(55)101-105(83,110)88-14-31-27(9-33(94-31)71-18-62-36-44(71)65-50(58)66-47(36)76)99-104(82,109)87-13-30-26(8-32(93-30)69-11-21(2)45(74)68-53(69)79)98-103(81,108)86-12-29-25(97-102(80,107)85-6)7-28(92-29)34-22(3)46(75)67-51(77)63-34/h10-11,17-19,23-33,37-40,48-49,73H,7-9,12-16H2,1-6H3,(H,80,107)(H,81,108)(H,82,109)(H,83,110)(H,84,111)(H2,56,64,78)(H2,57,59,60)(H,68,74,79)(H3,58,65,66,76)(H2,63,67,75,77)/p-5/t23-,24-,25?,26?,27?,28+,29+,30+,31+,32+,33+,37-,38-,39?,40?,48+,49+,54-,55-,102?,103?,104?,105?,106?/m0/s1. The fraction of sp³-hybridized carbons (Fsp3) is 0.600. The second kappa shape index (κ2) is 31.0. The molecule has 0 radical (unpaired) electrons. The SMILES string of the molecule is COP([O-])(=S)OC1C[C@H](c2[nH]c(=O)[nH]c(=O)c2C)O[C@@H]1COP([O-])(=S)OC1C[C@H](n2cc(C)c(=O)[nH]c2=O)O[C@@H]1COP([O-])(=S)OC1C[C@H](n2cnc3c(=O)[nH]c(N)nc32)O[C@@H]1COP(=O)([S-])OC1[C@@H]2O[C@@H](C)[C@]1(COP([O-])(=S)OC1[C@@H]3O[C@@H](C)[C@]1(CO)O[C@H]3n1cc(C)c(N)nc1=O)O[C@H]2n1cnc2c(N)ncnc21. The maximum atomic E-state index is 15.1. The van der Waals surface area contributed by atoms with E-state index in [1.165, 1.54) is 48.8 Å². The number of aliphatic hydroxyl groups is 1. The van der Waals surface area contributed by atoms with Crippen LogP contribution >= 0.6 is 33.7 Å². The molecule has 4 bridgehead atoms. The van der Waals surface area contributed by atoms with Gasteiger partial charge in [-0.3, -0.25) is 52.2 Å². The van der Waals surface area contributed by atoms with Crippen molar-refractivity contribution < 1.29 is 108 Å². The summed E-state index contributed by atoms with van der Waals surface area (Å²) in [7, 11) is 1.03. The van der Waals surface area contributed by atoms with E-state index in [4.69, 9.17) is 155 Å². The first-order chi connectivity index (χ1) is 52.2. The lowest BCUT2D eigenvalue weighted by molar-refractivity contribution is -0.239. The predicted molar refractivity (Wildman–Crippen MR) is 386 cm³/mol. The molecule has 7 aromatic heterocycles. The van der Waals surface area contributed by atoms with E-state index in [9.17, 15) is 53.4 Å². The molecule has 0 amide bonds. The number of aliphatic hydroxyl groups excluding tert-OH is 1. The zero-order valence-electron chi connectivity index (χ0n) is 58.2. The van der Waals surface area contributed by atoms with Crippen LogP contribution in [0.1, 0.15) is 86.5 Å². The average Bonchev–Trinajstić information content (AvgIpc) is 1.55. The number of aryl methyl sites for hydroxylation is 2. The first-order valence-electron chi connectivity index (χ1n) is 33.2. The Hall–Kier alpha value is -5.16. The van der Waals surface area contributed by atoms with E-state index in [1.54, 1.807) is 13.8 Å². The van der Waals surface area contributed by atoms with E-state index < -0.39 is 222 Å². The number of aromatic nitrogens is 14. The topological polar surface area (TPSA) is 627 Å². The highest BCUT2D eigenvalue weighted by atomic mass is 32.7. The number of nitrogens with two attached hydrogens (primary N) is 3. The average molecular weight is 1750 g/mol. The first-order valence-corrected chi connectivity index (χ1v) is 46.0. The van der Waals surface area contributed by atoms with Gasteiger partial charge >= 0.3 is 17.1 Å². The summed E-state index contributed by atoms with van der Waals surface area (Å²) in [6.45, 7) is -20.6. The van der Waals surface area contributed by atoms with Gasteiger partial charge in [-0.15, -0.1) is 0 Å². The van der Waals surface area contributed by atoms with E-state index in [-0.39, 0.29) is 69.6 Å². The molecule has 24 atom stereocenters. The van der Waals surface area contributed by atoms with Gasteiger partial charge in [-0.1, -0.05) is 47.2 Å². The van der Waals surface area contributed by atoms with Crippen LogP contribution in [0.25, 0.3) is 22.3 Å². The lowest BCUT2D eigenvalue weighted by Gasteiger charge is -2.41. The van der Waals surface area contributed by atoms with Crippen LogP contribution in [-0.4, -0.2) is 198 Å². The van der Waals surface area contributed by atoms with Gasteiger partial charge in [0, 0.05) is 55.5 Å². The Bertz CT molecular complexity index is 5450. The van der Waals surface area contributed by atoms with Crippen molar-refractivity contribution in [1.82, 2.24) is 68.1 Å². The molecule has 7 saturated heterocycles. The summed E-state index contributed by atoms with van der Waals surface area (Å²) in [5, 5.41) is 10.9. The summed E-state index contributed by atoms with van der Waals surface area (Å²) in [4.78, 5) is 168. The molecule has 7 aromatic rings. The summed E-state index contributed by atoms with van der Waals surface area (Å²) in [6, 6.07) is 0. The summed E-state index contributed by atoms with van der Waals surface area (Å²) >= 11 is 27.0. The predicted octanol–water partition coefficient (Wildman–Crippen LogP) is -3.34. The van der Waals surface area contributed by atoms with Gasteiger partial charge in [0.05, 0.1) is 81.9 Å². The fourth-order valence-corrected chi connectivity index (χ4v) is 20.9. The molecule has 7 aliphatic heterocycles. The van der Waals surface area contributed by atoms with Crippen LogP contribution in [0, 0.1) is 20.8 Å². The van der Waals surface area contributed by atoms with Crippen LogP contribution in [0.15, 0.2) is 60.1 Å². The van der Waals surface area contributed by atoms with Crippen LogP contribution in [-0.2, 0) is 142 Å². The Labute approximate surface area is 648 Å². The molecule has 0 spiro atoms. The number of ether oxygens (including phenoxy) is 7. The fourth-order valence-electron chi connectivity index (χ4n) is 14.1. The van der Waals surface area contributed by atoms with Gasteiger partial charge in [0.25, 0.3) is 16.7 Å². The Morgan fingerprint density at radius 3 is 1.82 bits per heavy atom. The van der Waals surface area contributed by atoms with E-state index in [1.807, 2.05) is 0 Å². The number of nitrogen functional groups attached to an aromatic ring is 3. The summed E-state index contributed by atoms with van der Waals surface area (Å²) in [5.41, 5.74) is 9.76. The minimum absolute atomic E-state index is 0.0169. The number of fused-ring (bicyclic) bond motifs is 6. The third-order valence-electron chi connectivity index (χ3n) is 19.7.